The summed E-state index contributed by atoms with van der Waals surface area (Å²) in [6.45, 7) is 1.06. The summed E-state index contributed by atoms with van der Waals surface area (Å²) in [5, 5.41) is 20.0. The Kier molecular flexibility index (Phi) is 11.4. The van der Waals surface area contributed by atoms with Gasteiger partial charge in [0, 0.05) is 18.6 Å². The number of rotatable bonds is 12. The molecule has 0 aliphatic heterocycles. The minimum absolute atomic E-state index is 0.0870. The molecule has 11 nitrogen and oxygen atoms in total. The molecule has 1 aromatic rings. The fraction of sp³-hybridized carbons (Fsp3) is 0.500. The third kappa shape index (κ3) is 7.72. The van der Waals surface area contributed by atoms with Crippen LogP contribution in [0.2, 0.25) is 0 Å². The third-order valence-corrected chi connectivity index (χ3v) is 6.34. The molecule has 0 aliphatic carbocycles. The zero-order valence-corrected chi connectivity index (χ0v) is 19.1. The van der Waals surface area contributed by atoms with Crippen molar-refractivity contribution in [2.45, 2.75) is 19.6 Å². The summed E-state index contributed by atoms with van der Waals surface area (Å²) in [6, 6.07) is 3.22. The summed E-state index contributed by atoms with van der Waals surface area (Å²) in [5.74, 6) is 0.653. The number of nitriles is 1. The molecule has 1 amide bonds. The van der Waals surface area contributed by atoms with E-state index in [4.69, 9.17) is 24.2 Å². The highest BCUT2D eigenvalue weighted by atomic mass is 33.1. The Labute approximate surface area is 187 Å². The van der Waals surface area contributed by atoms with Crippen LogP contribution in [-0.4, -0.2) is 67.3 Å². The van der Waals surface area contributed by atoms with E-state index < -0.39 is 36.2 Å². The van der Waals surface area contributed by atoms with Gasteiger partial charge >= 0.3 is 12.1 Å². The molecule has 1 unspecified atom stereocenters. The number of likely N-dealkylation sites (N-methyl/N-ethyl adjacent to an activating group) is 1. The van der Waals surface area contributed by atoms with Crippen molar-refractivity contribution < 1.29 is 33.5 Å². The highest BCUT2D eigenvalue weighted by Crippen LogP contribution is 2.35. The van der Waals surface area contributed by atoms with Crippen LogP contribution in [0.3, 0.4) is 0 Å². The van der Waals surface area contributed by atoms with Gasteiger partial charge in [-0.2, -0.15) is 5.26 Å². The van der Waals surface area contributed by atoms with E-state index >= 15 is 0 Å². The van der Waals surface area contributed by atoms with Crippen LogP contribution in [0.15, 0.2) is 12.1 Å². The minimum atomic E-state index is -0.995. The molecule has 0 aromatic heterocycles. The molecular formula is C18H23N3O8S2. The van der Waals surface area contributed by atoms with E-state index in [0.29, 0.717) is 0 Å². The van der Waals surface area contributed by atoms with Crippen molar-refractivity contribution in [1.29, 1.82) is 5.26 Å². The van der Waals surface area contributed by atoms with Gasteiger partial charge in [0.25, 0.3) is 5.69 Å². The fourth-order valence-electron chi connectivity index (χ4n) is 2.30. The first kappa shape index (κ1) is 26.2. The molecule has 13 heteroatoms. The van der Waals surface area contributed by atoms with Gasteiger partial charge in [0.1, 0.15) is 18.7 Å². The van der Waals surface area contributed by atoms with Gasteiger partial charge in [-0.3, -0.25) is 15.0 Å². The molecule has 31 heavy (non-hydrogen) atoms. The monoisotopic (exact) mass is 473 g/mol. The predicted octanol–water partition coefficient (Wildman–Crippen LogP) is 3.02. The van der Waals surface area contributed by atoms with Crippen LogP contribution in [-0.2, 0) is 20.9 Å². The summed E-state index contributed by atoms with van der Waals surface area (Å²) in [7, 11) is 6.92. The number of esters is 1. The zero-order valence-electron chi connectivity index (χ0n) is 17.5. The van der Waals surface area contributed by atoms with E-state index in [1.54, 1.807) is 6.07 Å². The van der Waals surface area contributed by atoms with E-state index in [9.17, 15) is 19.7 Å². The van der Waals surface area contributed by atoms with E-state index in [2.05, 4.69) is 0 Å². The molecule has 0 saturated heterocycles. The van der Waals surface area contributed by atoms with E-state index in [1.807, 2.05) is 6.92 Å². The molecule has 1 rings (SSSR count). The normalized spacial score (nSPS) is 11.1. The lowest BCUT2D eigenvalue weighted by Gasteiger charge is -2.25. The number of hydrogen-bond acceptors (Lipinski definition) is 11. The summed E-state index contributed by atoms with van der Waals surface area (Å²) in [6.07, 6.45) is -0.884. The van der Waals surface area contributed by atoms with E-state index in [0.717, 1.165) is 10.7 Å². The summed E-state index contributed by atoms with van der Waals surface area (Å²) < 4.78 is 20.2. The van der Waals surface area contributed by atoms with Crippen LogP contribution < -0.4 is 9.47 Å². The number of benzene rings is 1. The summed E-state index contributed by atoms with van der Waals surface area (Å²) in [4.78, 5) is 36.6. The van der Waals surface area contributed by atoms with Crippen molar-refractivity contribution in [2.75, 3.05) is 39.4 Å². The number of nitrogens with zero attached hydrogens (tertiary/aromatic N) is 3. The maximum absolute atomic E-state index is 12.5. The number of carbonyl (C=O) groups excluding carboxylic acids is 2. The van der Waals surface area contributed by atoms with Crippen molar-refractivity contribution >= 4 is 39.3 Å². The van der Waals surface area contributed by atoms with Crippen LogP contribution in [0.5, 0.6) is 11.5 Å². The number of methoxy groups -OCH3 is 2. The standard InChI is InChI=1S/C18H23N3O8S2/c1-5-30-31-11-14(17(22)28-7-6-19)20(2)18(23)29-10-12-8-15(26-3)16(27-4)9-13(12)21(24)25/h8-9,14H,5,7,10-11H2,1-4H3. The van der Waals surface area contributed by atoms with Gasteiger partial charge in [0.05, 0.1) is 30.8 Å². The maximum atomic E-state index is 12.5. The lowest BCUT2D eigenvalue weighted by molar-refractivity contribution is -0.385. The molecule has 0 radical (unpaired) electrons. The Bertz CT molecular complexity index is 831. The molecule has 0 heterocycles. The van der Waals surface area contributed by atoms with Crippen LogP contribution in [0.4, 0.5) is 10.5 Å². The Balaban J connectivity index is 2.98. The SMILES string of the molecule is CCSSCC(C(=O)OCC#N)N(C)C(=O)OCc1cc(OC)c(OC)cc1[N+](=O)[O-]. The molecule has 0 N–H and O–H groups in total. The molecular weight excluding hydrogens is 450 g/mol. The molecule has 0 spiro atoms. The average Bonchev–Trinajstić information content (AvgIpc) is 2.77. The average molecular weight is 474 g/mol. The van der Waals surface area contributed by atoms with Crippen LogP contribution in [0, 0.1) is 21.4 Å². The first-order chi connectivity index (χ1) is 14.8. The molecule has 0 bridgehead atoms. The molecule has 0 aliphatic rings. The number of hydrogen-bond donors (Lipinski definition) is 0. The van der Waals surface area contributed by atoms with Crippen molar-refractivity contribution in [1.82, 2.24) is 4.90 Å². The Morgan fingerprint density at radius 3 is 2.42 bits per heavy atom. The zero-order chi connectivity index (χ0) is 23.4. The Morgan fingerprint density at radius 2 is 1.87 bits per heavy atom. The number of nitro benzene ring substituents is 1. The second-order valence-corrected chi connectivity index (χ2v) is 8.53. The van der Waals surface area contributed by atoms with Gasteiger partial charge in [-0.1, -0.05) is 28.5 Å². The van der Waals surface area contributed by atoms with Crippen molar-refractivity contribution in [3.63, 3.8) is 0 Å². The van der Waals surface area contributed by atoms with Gasteiger partial charge in [0.2, 0.25) is 0 Å². The summed E-state index contributed by atoms with van der Waals surface area (Å²) in [5.41, 5.74) is -0.225. The van der Waals surface area contributed by atoms with Crippen LogP contribution >= 0.6 is 21.6 Å². The molecule has 170 valence electrons. The van der Waals surface area contributed by atoms with Gasteiger partial charge in [-0.05, 0) is 6.07 Å². The van der Waals surface area contributed by atoms with E-state index in [1.165, 1.54) is 55.0 Å². The van der Waals surface area contributed by atoms with Gasteiger partial charge < -0.3 is 18.9 Å². The molecule has 1 atom stereocenters. The molecule has 1 aromatic carbocycles. The Hall–Kier alpha value is -2.85. The molecule has 0 saturated carbocycles. The molecule has 0 fully saturated rings. The second kappa shape index (κ2) is 13.5. The van der Waals surface area contributed by atoms with Crippen molar-refractivity contribution in [2.24, 2.45) is 0 Å². The number of ether oxygens (including phenoxy) is 4. The highest BCUT2D eigenvalue weighted by molar-refractivity contribution is 8.76. The Morgan fingerprint density at radius 1 is 1.23 bits per heavy atom. The number of nitro groups is 1. The largest absolute Gasteiger partial charge is 0.493 e. The second-order valence-electron chi connectivity index (χ2n) is 5.73. The number of amides is 1. The minimum Gasteiger partial charge on any atom is -0.493 e. The fourth-order valence-corrected chi connectivity index (χ4v) is 4.22. The predicted molar refractivity (Wildman–Crippen MR) is 115 cm³/mol. The van der Waals surface area contributed by atoms with Crippen LogP contribution in [0.1, 0.15) is 12.5 Å². The lowest BCUT2D eigenvalue weighted by atomic mass is 10.1. The van der Waals surface area contributed by atoms with Crippen molar-refractivity contribution in [3.8, 4) is 17.6 Å². The number of carbonyl (C=O) groups is 2. The quantitative estimate of drug-likeness (QED) is 0.145. The maximum Gasteiger partial charge on any atom is 0.410 e. The topological polar surface area (TPSA) is 141 Å². The first-order valence-corrected chi connectivity index (χ1v) is 11.4. The van der Waals surface area contributed by atoms with Crippen LogP contribution in [0.25, 0.3) is 0 Å². The first-order valence-electron chi connectivity index (χ1n) is 8.87. The van der Waals surface area contributed by atoms with Gasteiger partial charge in [-0.25, -0.2) is 9.59 Å². The van der Waals surface area contributed by atoms with Gasteiger partial charge in [-0.15, -0.1) is 0 Å². The van der Waals surface area contributed by atoms with Gasteiger partial charge in [0.15, 0.2) is 18.1 Å². The van der Waals surface area contributed by atoms with Crippen molar-refractivity contribution in [3.05, 3.63) is 27.8 Å². The highest BCUT2D eigenvalue weighted by Gasteiger charge is 2.30. The smallest absolute Gasteiger partial charge is 0.410 e. The lowest BCUT2D eigenvalue weighted by Crippen LogP contribution is -2.45. The van der Waals surface area contributed by atoms with E-state index in [-0.39, 0.29) is 28.5 Å². The third-order valence-electron chi connectivity index (χ3n) is 3.87. The summed E-state index contributed by atoms with van der Waals surface area (Å²) >= 11 is 0.